The molecule has 152 valence electrons. The fourth-order valence-corrected chi connectivity index (χ4v) is 2.45. The van der Waals surface area contributed by atoms with Gasteiger partial charge in [0.15, 0.2) is 5.76 Å². The fourth-order valence-electron chi connectivity index (χ4n) is 2.45. The van der Waals surface area contributed by atoms with Gasteiger partial charge in [0.2, 0.25) is 0 Å². The van der Waals surface area contributed by atoms with Gasteiger partial charge in [-0.2, -0.15) is 13.2 Å². The molecule has 1 heterocycles. The average molecular weight is 412 g/mol. The number of rotatable bonds is 4. The second kappa shape index (κ2) is 9.01. The Balaban J connectivity index is 1.53. The van der Waals surface area contributed by atoms with Gasteiger partial charge < -0.3 is 15.1 Å². The fraction of sp³-hybridized carbons (Fsp3) is 0.0909. The van der Waals surface area contributed by atoms with E-state index in [1.54, 1.807) is 18.2 Å². The van der Waals surface area contributed by atoms with Crippen molar-refractivity contribution in [1.82, 2.24) is 5.32 Å². The first-order valence-electron chi connectivity index (χ1n) is 8.72. The third-order valence-corrected chi connectivity index (χ3v) is 3.91. The van der Waals surface area contributed by atoms with Crippen LogP contribution in [-0.4, -0.2) is 18.4 Å². The summed E-state index contributed by atoms with van der Waals surface area (Å²) in [7, 11) is 0. The Kier molecular flexibility index (Phi) is 6.23. The Hall–Kier alpha value is -3.99. The largest absolute Gasteiger partial charge is 0.459 e. The molecule has 3 rings (SSSR count). The lowest BCUT2D eigenvalue weighted by atomic mass is 10.1. The first kappa shape index (κ1) is 20.7. The van der Waals surface area contributed by atoms with E-state index in [4.69, 9.17) is 4.42 Å². The van der Waals surface area contributed by atoms with Crippen molar-refractivity contribution in [3.8, 4) is 11.8 Å². The lowest BCUT2D eigenvalue weighted by Gasteiger charge is -2.06. The highest BCUT2D eigenvalue weighted by Gasteiger charge is 2.30. The summed E-state index contributed by atoms with van der Waals surface area (Å²) in [4.78, 5) is 24.0. The molecule has 0 saturated heterocycles. The van der Waals surface area contributed by atoms with Crippen molar-refractivity contribution in [2.45, 2.75) is 6.18 Å². The average Bonchev–Trinajstić information content (AvgIpc) is 3.26. The van der Waals surface area contributed by atoms with E-state index in [1.165, 1.54) is 36.6 Å². The number of amides is 2. The molecule has 1 aromatic heterocycles. The topological polar surface area (TPSA) is 71.3 Å². The number of furan rings is 1. The number of hydrogen-bond donors (Lipinski definition) is 2. The smallest absolute Gasteiger partial charge is 0.416 e. The van der Waals surface area contributed by atoms with Crippen LogP contribution in [0.5, 0.6) is 0 Å². The molecule has 0 aliphatic heterocycles. The quantitative estimate of drug-likeness (QED) is 0.627. The molecular weight excluding hydrogens is 397 g/mol. The highest BCUT2D eigenvalue weighted by molar-refractivity contribution is 6.02. The van der Waals surface area contributed by atoms with Gasteiger partial charge in [-0.05, 0) is 54.6 Å². The second-order valence-corrected chi connectivity index (χ2v) is 6.07. The van der Waals surface area contributed by atoms with E-state index >= 15 is 0 Å². The summed E-state index contributed by atoms with van der Waals surface area (Å²) in [5.41, 5.74) is 0.248. The molecule has 0 bridgehead atoms. The van der Waals surface area contributed by atoms with Crippen molar-refractivity contribution < 1.29 is 27.2 Å². The first-order valence-corrected chi connectivity index (χ1v) is 8.72. The Morgan fingerprint density at radius 3 is 2.40 bits per heavy atom. The van der Waals surface area contributed by atoms with Crippen molar-refractivity contribution in [2.24, 2.45) is 0 Å². The standard InChI is InChI=1S/C22H15F3N2O3/c23-22(24,25)17-6-1-4-15(14-17)5-2-12-26-20(28)16-8-10-18(11-9-16)27-21(29)19-7-3-13-30-19/h1,3-4,6-11,13-14H,12H2,(H,26,28)(H,27,29). The Labute approximate surface area is 169 Å². The predicted molar refractivity (Wildman–Crippen MR) is 104 cm³/mol. The van der Waals surface area contributed by atoms with E-state index in [1.807, 2.05) is 0 Å². The molecule has 2 amide bonds. The van der Waals surface area contributed by atoms with Gasteiger partial charge >= 0.3 is 6.18 Å². The summed E-state index contributed by atoms with van der Waals surface area (Å²) >= 11 is 0. The van der Waals surface area contributed by atoms with E-state index in [9.17, 15) is 22.8 Å². The molecule has 0 atom stereocenters. The summed E-state index contributed by atoms with van der Waals surface area (Å²) in [5, 5.41) is 5.19. The van der Waals surface area contributed by atoms with Crippen molar-refractivity contribution in [2.75, 3.05) is 11.9 Å². The number of halogens is 3. The summed E-state index contributed by atoms with van der Waals surface area (Å²) in [5.74, 6) is 4.55. The summed E-state index contributed by atoms with van der Waals surface area (Å²) in [6, 6.07) is 13.9. The third kappa shape index (κ3) is 5.52. The molecule has 0 radical (unpaired) electrons. The van der Waals surface area contributed by atoms with E-state index in [0.717, 1.165) is 12.1 Å². The first-order chi connectivity index (χ1) is 14.3. The second-order valence-electron chi connectivity index (χ2n) is 6.07. The molecule has 30 heavy (non-hydrogen) atoms. The van der Waals surface area contributed by atoms with Crippen LogP contribution in [0.1, 0.15) is 32.0 Å². The summed E-state index contributed by atoms with van der Waals surface area (Å²) in [6.45, 7) is -0.0357. The Morgan fingerprint density at radius 2 is 1.73 bits per heavy atom. The number of benzene rings is 2. The minimum atomic E-state index is -4.44. The van der Waals surface area contributed by atoms with E-state index in [2.05, 4.69) is 22.5 Å². The molecule has 0 fully saturated rings. The molecule has 0 aliphatic carbocycles. The van der Waals surface area contributed by atoms with Crippen LogP contribution in [-0.2, 0) is 6.18 Å². The molecule has 2 aromatic carbocycles. The Morgan fingerprint density at radius 1 is 0.967 bits per heavy atom. The molecular formula is C22H15F3N2O3. The van der Waals surface area contributed by atoms with Crippen LogP contribution in [0.2, 0.25) is 0 Å². The van der Waals surface area contributed by atoms with E-state index in [0.29, 0.717) is 11.3 Å². The molecule has 0 unspecified atom stereocenters. The summed E-state index contributed by atoms with van der Waals surface area (Å²) in [6.07, 6.45) is -3.05. The van der Waals surface area contributed by atoms with Crippen molar-refractivity contribution in [3.05, 3.63) is 89.4 Å². The maximum absolute atomic E-state index is 12.7. The molecule has 0 saturated carbocycles. The summed E-state index contributed by atoms with van der Waals surface area (Å²) < 4.78 is 43.1. The van der Waals surface area contributed by atoms with Gasteiger partial charge in [0.1, 0.15) is 0 Å². The van der Waals surface area contributed by atoms with Crippen LogP contribution in [0.3, 0.4) is 0 Å². The van der Waals surface area contributed by atoms with Crippen LogP contribution in [0.25, 0.3) is 0 Å². The van der Waals surface area contributed by atoms with E-state index in [-0.39, 0.29) is 17.9 Å². The van der Waals surface area contributed by atoms with E-state index < -0.39 is 23.6 Å². The highest BCUT2D eigenvalue weighted by atomic mass is 19.4. The lowest BCUT2D eigenvalue weighted by Crippen LogP contribution is -2.23. The number of carbonyl (C=O) groups is 2. The maximum Gasteiger partial charge on any atom is 0.416 e. The number of alkyl halides is 3. The minimum Gasteiger partial charge on any atom is -0.459 e. The van der Waals surface area contributed by atoms with Gasteiger partial charge in [-0.15, -0.1) is 0 Å². The van der Waals surface area contributed by atoms with Gasteiger partial charge in [-0.3, -0.25) is 9.59 Å². The molecule has 3 aromatic rings. The molecule has 0 spiro atoms. The highest BCUT2D eigenvalue weighted by Crippen LogP contribution is 2.29. The van der Waals surface area contributed by atoms with Gasteiger partial charge in [0, 0.05) is 16.8 Å². The molecule has 5 nitrogen and oxygen atoms in total. The SMILES string of the molecule is O=C(NCC#Cc1cccc(C(F)(F)F)c1)c1ccc(NC(=O)c2ccco2)cc1. The zero-order valence-electron chi connectivity index (χ0n) is 15.4. The monoisotopic (exact) mass is 412 g/mol. The van der Waals surface area contributed by atoms with Gasteiger partial charge in [0.05, 0.1) is 18.4 Å². The van der Waals surface area contributed by atoms with Crippen LogP contribution < -0.4 is 10.6 Å². The maximum atomic E-state index is 12.7. The molecule has 0 aliphatic rings. The Bertz CT molecular complexity index is 1090. The van der Waals surface area contributed by atoms with Crippen LogP contribution in [0, 0.1) is 11.8 Å². The van der Waals surface area contributed by atoms with Crippen molar-refractivity contribution in [1.29, 1.82) is 0 Å². The molecule has 2 N–H and O–H groups in total. The molecule has 8 heteroatoms. The number of hydrogen-bond acceptors (Lipinski definition) is 3. The number of anilines is 1. The normalized spacial score (nSPS) is 10.6. The predicted octanol–water partition coefficient (Wildman–Crippen LogP) is 4.33. The zero-order chi connectivity index (χ0) is 21.6. The van der Waals surface area contributed by atoms with Crippen molar-refractivity contribution in [3.63, 3.8) is 0 Å². The minimum absolute atomic E-state index is 0.0357. The lowest BCUT2D eigenvalue weighted by molar-refractivity contribution is -0.137. The van der Waals surface area contributed by atoms with Crippen molar-refractivity contribution >= 4 is 17.5 Å². The third-order valence-electron chi connectivity index (χ3n) is 3.91. The zero-order valence-corrected chi connectivity index (χ0v) is 15.4. The van der Waals surface area contributed by atoms with Crippen LogP contribution in [0.15, 0.2) is 71.3 Å². The van der Waals surface area contributed by atoms with Crippen LogP contribution in [0.4, 0.5) is 18.9 Å². The number of carbonyl (C=O) groups excluding carboxylic acids is 2. The number of nitrogens with one attached hydrogen (secondary N) is 2. The van der Waals surface area contributed by atoms with Gasteiger partial charge in [0.25, 0.3) is 11.8 Å². The van der Waals surface area contributed by atoms with Gasteiger partial charge in [-0.25, -0.2) is 0 Å². The van der Waals surface area contributed by atoms with Gasteiger partial charge in [-0.1, -0.05) is 17.9 Å². The van der Waals surface area contributed by atoms with Crippen LogP contribution >= 0.6 is 0 Å².